The van der Waals surface area contributed by atoms with Gasteiger partial charge in [-0.15, -0.1) is 23.2 Å². The number of rotatable bonds is 4. The molecule has 0 aliphatic heterocycles. The minimum Gasteiger partial charge on any atom is -0.481 e. The number of halogens is 3. The van der Waals surface area contributed by atoms with Gasteiger partial charge in [-0.25, -0.2) is 0 Å². The Morgan fingerprint density at radius 1 is 1.47 bits per heavy atom. The molecule has 0 unspecified atom stereocenters. The van der Waals surface area contributed by atoms with Crippen LogP contribution in [0, 0.1) is 0 Å². The maximum absolute atomic E-state index is 10.5. The van der Waals surface area contributed by atoms with Crippen LogP contribution in [0.4, 0.5) is 0 Å². The monoisotopic (exact) mass is 310 g/mol. The molecule has 0 heterocycles. The van der Waals surface area contributed by atoms with E-state index in [0.717, 1.165) is 10.0 Å². The minimum absolute atomic E-state index is 0.275. The molecule has 82 valence electrons. The first kappa shape index (κ1) is 12.8. The fourth-order valence-corrected chi connectivity index (χ4v) is 2.21. The van der Waals surface area contributed by atoms with Gasteiger partial charge in [0.2, 0.25) is 0 Å². The van der Waals surface area contributed by atoms with E-state index in [0.29, 0.717) is 6.42 Å². The summed E-state index contributed by atoms with van der Waals surface area (Å²) in [6, 6.07) is 7.45. The molecular formula is C10H9BrCl2O2. The van der Waals surface area contributed by atoms with Crippen molar-refractivity contribution in [3.8, 4) is 0 Å². The molecule has 0 saturated heterocycles. The number of benzene rings is 1. The fourth-order valence-electron chi connectivity index (χ4n) is 1.23. The molecule has 0 radical (unpaired) electrons. The molecule has 15 heavy (non-hydrogen) atoms. The largest absolute Gasteiger partial charge is 0.481 e. The molecule has 0 saturated carbocycles. The van der Waals surface area contributed by atoms with Gasteiger partial charge in [-0.1, -0.05) is 28.1 Å². The van der Waals surface area contributed by atoms with Crippen LogP contribution < -0.4 is 0 Å². The molecule has 0 aliphatic carbocycles. The van der Waals surface area contributed by atoms with Crippen LogP contribution in [-0.4, -0.2) is 15.4 Å². The van der Waals surface area contributed by atoms with Crippen molar-refractivity contribution in [3.63, 3.8) is 0 Å². The molecule has 1 aromatic rings. The van der Waals surface area contributed by atoms with Gasteiger partial charge < -0.3 is 5.11 Å². The van der Waals surface area contributed by atoms with Crippen molar-refractivity contribution in [1.82, 2.24) is 0 Å². The molecule has 2 nitrogen and oxygen atoms in total. The van der Waals surface area contributed by atoms with Crippen LogP contribution in [0.2, 0.25) is 0 Å². The number of hydrogen-bond acceptors (Lipinski definition) is 1. The summed E-state index contributed by atoms with van der Waals surface area (Å²) < 4.78 is -0.341. The number of carbonyl (C=O) groups is 1. The zero-order valence-corrected chi connectivity index (χ0v) is 10.8. The molecule has 0 bridgehead atoms. The van der Waals surface area contributed by atoms with Crippen LogP contribution in [0.1, 0.15) is 12.0 Å². The summed E-state index contributed by atoms with van der Waals surface area (Å²) >= 11 is 15.1. The second kappa shape index (κ2) is 5.19. The highest BCUT2D eigenvalue weighted by Crippen LogP contribution is 2.30. The van der Waals surface area contributed by atoms with Gasteiger partial charge in [0.25, 0.3) is 0 Å². The van der Waals surface area contributed by atoms with Crippen molar-refractivity contribution in [2.45, 2.75) is 17.2 Å². The highest BCUT2D eigenvalue weighted by molar-refractivity contribution is 9.10. The van der Waals surface area contributed by atoms with E-state index in [4.69, 9.17) is 28.3 Å². The van der Waals surface area contributed by atoms with Crippen LogP contribution in [0.15, 0.2) is 28.7 Å². The molecule has 0 aliphatic rings. The fraction of sp³-hybridized carbons (Fsp3) is 0.300. The van der Waals surface area contributed by atoms with Gasteiger partial charge >= 0.3 is 5.97 Å². The third kappa shape index (κ3) is 4.87. The van der Waals surface area contributed by atoms with Crippen molar-refractivity contribution >= 4 is 45.1 Å². The summed E-state index contributed by atoms with van der Waals surface area (Å²) in [7, 11) is 0. The zero-order chi connectivity index (χ0) is 11.5. The second-order valence-electron chi connectivity index (χ2n) is 3.23. The quantitative estimate of drug-likeness (QED) is 0.862. The standard InChI is InChI=1S/C10H9BrCl2O2/c11-8-3-1-2-7(4-8)5-10(12,13)6-9(14)15/h1-4H,5-6H2,(H,14,15). The average molecular weight is 312 g/mol. The number of aliphatic carboxylic acids is 1. The number of alkyl halides is 2. The average Bonchev–Trinajstić information content (AvgIpc) is 1.99. The van der Waals surface area contributed by atoms with Crippen LogP contribution in [-0.2, 0) is 11.2 Å². The second-order valence-corrected chi connectivity index (χ2v) is 5.79. The molecule has 1 aromatic carbocycles. The zero-order valence-electron chi connectivity index (χ0n) is 7.71. The maximum Gasteiger partial charge on any atom is 0.306 e. The Kier molecular flexibility index (Phi) is 4.44. The third-order valence-corrected chi connectivity index (χ3v) is 2.79. The third-order valence-electron chi connectivity index (χ3n) is 1.76. The Hall–Kier alpha value is -0.250. The molecule has 0 amide bonds. The predicted octanol–water partition coefficient (Wildman–Crippen LogP) is 3.64. The lowest BCUT2D eigenvalue weighted by molar-refractivity contribution is -0.137. The topological polar surface area (TPSA) is 37.3 Å². The van der Waals surface area contributed by atoms with Crippen molar-refractivity contribution in [2.24, 2.45) is 0 Å². The molecule has 0 fully saturated rings. The number of hydrogen-bond donors (Lipinski definition) is 1. The summed E-state index contributed by atoms with van der Waals surface area (Å²) in [5.41, 5.74) is 0.899. The van der Waals surface area contributed by atoms with Crippen molar-refractivity contribution in [2.75, 3.05) is 0 Å². The van der Waals surface area contributed by atoms with Crippen molar-refractivity contribution in [3.05, 3.63) is 34.3 Å². The van der Waals surface area contributed by atoms with Crippen LogP contribution in [0.3, 0.4) is 0 Å². The Labute approximate surface area is 106 Å². The van der Waals surface area contributed by atoms with Gasteiger partial charge in [0.05, 0.1) is 6.42 Å². The highest BCUT2D eigenvalue weighted by Gasteiger charge is 2.27. The predicted molar refractivity (Wildman–Crippen MR) is 64.5 cm³/mol. The lowest BCUT2D eigenvalue weighted by Crippen LogP contribution is -2.21. The normalized spacial score (nSPS) is 11.4. The summed E-state index contributed by atoms with van der Waals surface area (Å²) in [6.07, 6.45) is 0.0322. The van der Waals surface area contributed by atoms with Gasteiger partial charge in [0.1, 0.15) is 4.33 Å². The molecule has 5 heteroatoms. The summed E-state index contributed by atoms with van der Waals surface area (Å²) in [5, 5.41) is 8.60. The van der Waals surface area contributed by atoms with Gasteiger partial charge in [0, 0.05) is 10.9 Å². The Bertz CT molecular complexity index is 366. The van der Waals surface area contributed by atoms with Crippen LogP contribution in [0.5, 0.6) is 0 Å². The van der Waals surface area contributed by atoms with E-state index in [1.807, 2.05) is 24.3 Å². The minimum atomic E-state index is -1.26. The molecule has 1 N–H and O–H groups in total. The maximum atomic E-state index is 10.5. The van der Waals surface area contributed by atoms with E-state index in [1.165, 1.54) is 0 Å². The highest BCUT2D eigenvalue weighted by atomic mass is 79.9. The van der Waals surface area contributed by atoms with Crippen molar-refractivity contribution in [1.29, 1.82) is 0 Å². The first-order chi connectivity index (χ1) is 6.89. The van der Waals surface area contributed by atoms with Crippen LogP contribution >= 0.6 is 39.1 Å². The Morgan fingerprint density at radius 2 is 2.13 bits per heavy atom. The summed E-state index contributed by atoms with van der Waals surface area (Å²) in [4.78, 5) is 10.5. The number of carboxylic acids is 1. The molecule has 0 spiro atoms. The Morgan fingerprint density at radius 3 is 2.67 bits per heavy atom. The van der Waals surface area contributed by atoms with Gasteiger partial charge in [-0.2, -0.15) is 0 Å². The van der Waals surface area contributed by atoms with E-state index in [1.54, 1.807) is 0 Å². The lowest BCUT2D eigenvalue weighted by atomic mass is 10.1. The van der Waals surface area contributed by atoms with Crippen LogP contribution in [0.25, 0.3) is 0 Å². The van der Waals surface area contributed by atoms with Gasteiger partial charge in [-0.05, 0) is 17.7 Å². The van der Waals surface area contributed by atoms with Gasteiger partial charge in [0.15, 0.2) is 0 Å². The molecule has 0 aromatic heterocycles. The SMILES string of the molecule is O=C(O)CC(Cl)(Cl)Cc1cccc(Br)c1. The van der Waals surface area contributed by atoms with E-state index >= 15 is 0 Å². The smallest absolute Gasteiger partial charge is 0.306 e. The summed E-state index contributed by atoms with van der Waals surface area (Å²) in [5.74, 6) is -1.00. The van der Waals surface area contributed by atoms with E-state index in [2.05, 4.69) is 15.9 Å². The molecule has 0 atom stereocenters. The molecule has 1 rings (SSSR count). The first-order valence-electron chi connectivity index (χ1n) is 4.23. The van der Waals surface area contributed by atoms with E-state index in [9.17, 15) is 4.79 Å². The first-order valence-corrected chi connectivity index (χ1v) is 5.78. The van der Waals surface area contributed by atoms with Crippen molar-refractivity contribution < 1.29 is 9.90 Å². The van der Waals surface area contributed by atoms with E-state index < -0.39 is 10.3 Å². The van der Waals surface area contributed by atoms with Gasteiger partial charge in [-0.3, -0.25) is 4.79 Å². The lowest BCUT2D eigenvalue weighted by Gasteiger charge is -2.17. The summed E-state index contributed by atoms with van der Waals surface area (Å²) in [6.45, 7) is 0. The molecular weight excluding hydrogens is 303 g/mol. The number of carboxylic acid groups (broad SMARTS) is 1. The van der Waals surface area contributed by atoms with E-state index in [-0.39, 0.29) is 6.42 Å². The Balaban J connectivity index is 2.72.